The predicted octanol–water partition coefficient (Wildman–Crippen LogP) is 1.66. The normalized spacial score (nSPS) is 28.8. The van der Waals surface area contributed by atoms with Gasteiger partial charge in [-0.15, -0.1) is 11.6 Å². The lowest BCUT2D eigenvalue weighted by atomic mass is 9.87. The Labute approximate surface area is 78.8 Å². The molecular weight excluding hydrogens is 166 g/mol. The molecular formula is C10H15NO2. The van der Waals surface area contributed by atoms with Crippen molar-refractivity contribution in [1.29, 1.82) is 0 Å². The molecule has 2 atom stereocenters. The summed E-state index contributed by atoms with van der Waals surface area (Å²) < 4.78 is 5.46. The van der Waals surface area contributed by atoms with Gasteiger partial charge in [-0.05, 0) is 12.8 Å². The van der Waals surface area contributed by atoms with Crippen LogP contribution >= 0.6 is 0 Å². The Bertz CT molecular complexity index is 207. The molecule has 0 heterocycles. The SMILES string of the molecule is C#CCOC1CCCCC1/C=N/O. The van der Waals surface area contributed by atoms with Gasteiger partial charge in [0.05, 0.1) is 6.10 Å². The van der Waals surface area contributed by atoms with E-state index in [1.807, 2.05) is 0 Å². The fraction of sp³-hybridized carbons (Fsp3) is 0.700. The Hall–Kier alpha value is -1.01. The monoisotopic (exact) mass is 181 g/mol. The van der Waals surface area contributed by atoms with Gasteiger partial charge in [0.2, 0.25) is 0 Å². The molecule has 1 saturated carbocycles. The van der Waals surface area contributed by atoms with E-state index in [0.717, 1.165) is 12.8 Å². The van der Waals surface area contributed by atoms with Crippen molar-refractivity contribution in [3.63, 3.8) is 0 Å². The first-order valence-electron chi connectivity index (χ1n) is 4.61. The maximum atomic E-state index is 8.44. The summed E-state index contributed by atoms with van der Waals surface area (Å²) in [6, 6.07) is 0. The average molecular weight is 181 g/mol. The maximum Gasteiger partial charge on any atom is 0.107 e. The van der Waals surface area contributed by atoms with Gasteiger partial charge in [-0.3, -0.25) is 0 Å². The number of hydrogen-bond donors (Lipinski definition) is 1. The van der Waals surface area contributed by atoms with Crippen LogP contribution in [0.4, 0.5) is 0 Å². The van der Waals surface area contributed by atoms with Crippen molar-refractivity contribution >= 4 is 6.21 Å². The van der Waals surface area contributed by atoms with Gasteiger partial charge in [0.15, 0.2) is 0 Å². The largest absolute Gasteiger partial charge is 0.411 e. The Morgan fingerprint density at radius 2 is 2.31 bits per heavy atom. The molecule has 1 aliphatic carbocycles. The highest BCUT2D eigenvalue weighted by molar-refractivity contribution is 5.60. The molecule has 3 heteroatoms. The Balaban J connectivity index is 2.42. The van der Waals surface area contributed by atoms with Crippen LogP contribution in [0.3, 0.4) is 0 Å². The highest BCUT2D eigenvalue weighted by atomic mass is 16.5. The van der Waals surface area contributed by atoms with E-state index >= 15 is 0 Å². The highest BCUT2D eigenvalue weighted by Crippen LogP contribution is 2.25. The van der Waals surface area contributed by atoms with Crippen LogP contribution < -0.4 is 0 Å². The minimum Gasteiger partial charge on any atom is -0.411 e. The summed E-state index contributed by atoms with van der Waals surface area (Å²) in [7, 11) is 0. The average Bonchev–Trinajstić information content (AvgIpc) is 2.17. The molecule has 13 heavy (non-hydrogen) atoms. The molecule has 3 nitrogen and oxygen atoms in total. The summed E-state index contributed by atoms with van der Waals surface area (Å²) in [6.45, 7) is 0.348. The van der Waals surface area contributed by atoms with Gasteiger partial charge < -0.3 is 9.94 Å². The van der Waals surface area contributed by atoms with Crippen molar-refractivity contribution < 1.29 is 9.94 Å². The van der Waals surface area contributed by atoms with Crippen molar-refractivity contribution in [3.8, 4) is 12.3 Å². The molecule has 0 radical (unpaired) electrons. The van der Waals surface area contributed by atoms with E-state index in [2.05, 4.69) is 11.1 Å². The van der Waals surface area contributed by atoms with E-state index in [1.165, 1.54) is 12.8 Å². The third kappa shape index (κ3) is 3.08. The van der Waals surface area contributed by atoms with Crippen LogP contribution in [0.15, 0.2) is 5.16 Å². The van der Waals surface area contributed by atoms with Gasteiger partial charge in [0.25, 0.3) is 0 Å². The van der Waals surface area contributed by atoms with E-state index in [-0.39, 0.29) is 12.0 Å². The van der Waals surface area contributed by atoms with Crippen LogP contribution in [-0.2, 0) is 4.74 Å². The van der Waals surface area contributed by atoms with Gasteiger partial charge in [-0.25, -0.2) is 0 Å². The van der Waals surface area contributed by atoms with Crippen LogP contribution in [0.25, 0.3) is 0 Å². The van der Waals surface area contributed by atoms with Gasteiger partial charge in [-0.2, -0.15) is 0 Å². The first kappa shape index (κ1) is 10.1. The lowest BCUT2D eigenvalue weighted by Gasteiger charge is -2.27. The molecule has 0 aromatic heterocycles. The molecule has 0 aliphatic heterocycles. The van der Waals surface area contributed by atoms with Crippen LogP contribution in [0, 0.1) is 18.3 Å². The molecule has 1 N–H and O–H groups in total. The second-order valence-electron chi connectivity index (χ2n) is 3.27. The molecule has 2 unspecified atom stereocenters. The number of rotatable bonds is 3. The van der Waals surface area contributed by atoms with Crippen LogP contribution in [0.1, 0.15) is 25.7 Å². The Kier molecular flexibility index (Phi) is 4.34. The summed E-state index contributed by atoms with van der Waals surface area (Å²) >= 11 is 0. The molecule has 1 rings (SSSR count). The van der Waals surface area contributed by atoms with E-state index in [1.54, 1.807) is 6.21 Å². The number of hydrogen-bond acceptors (Lipinski definition) is 3. The second kappa shape index (κ2) is 5.60. The summed E-state index contributed by atoms with van der Waals surface area (Å²) in [5, 5.41) is 11.5. The third-order valence-electron chi connectivity index (χ3n) is 2.39. The number of terminal acetylenes is 1. The number of ether oxygens (including phenoxy) is 1. The lowest BCUT2D eigenvalue weighted by molar-refractivity contribution is 0.0294. The summed E-state index contributed by atoms with van der Waals surface area (Å²) in [6.07, 6.45) is 11.2. The zero-order valence-corrected chi connectivity index (χ0v) is 7.65. The molecule has 0 spiro atoms. The molecule has 0 amide bonds. The maximum absolute atomic E-state index is 8.44. The highest BCUT2D eigenvalue weighted by Gasteiger charge is 2.24. The first-order chi connectivity index (χ1) is 6.38. The van der Waals surface area contributed by atoms with E-state index in [0.29, 0.717) is 6.61 Å². The molecule has 1 aliphatic rings. The molecule has 0 saturated heterocycles. The van der Waals surface area contributed by atoms with Crippen molar-refractivity contribution in [2.24, 2.45) is 11.1 Å². The molecule has 0 aromatic carbocycles. The fourth-order valence-electron chi connectivity index (χ4n) is 1.74. The molecule has 72 valence electrons. The topological polar surface area (TPSA) is 41.8 Å². The Morgan fingerprint density at radius 1 is 1.54 bits per heavy atom. The van der Waals surface area contributed by atoms with E-state index < -0.39 is 0 Å². The van der Waals surface area contributed by atoms with Crippen molar-refractivity contribution in [2.45, 2.75) is 31.8 Å². The minimum absolute atomic E-state index is 0.140. The molecule has 0 bridgehead atoms. The van der Waals surface area contributed by atoms with Gasteiger partial charge >= 0.3 is 0 Å². The zero-order chi connectivity index (χ0) is 9.52. The smallest absolute Gasteiger partial charge is 0.107 e. The van der Waals surface area contributed by atoms with Crippen LogP contribution in [-0.4, -0.2) is 24.1 Å². The van der Waals surface area contributed by atoms with Crippen molar-refractivity contribution in [1.82, 2.24) is 0 Å². The van der Waals surface area contributed by atoms with E-state index in [9.17, 15) is 0 Å². The summed E-state index contributed by atoms with van der Waals surface area (Å²) in [5.74, 6) is 2.68. The minimum atomic E-state index is 0.140. The van der Waals surface area contributed by atoms with Crippen LogP contribution in [0.5, 0.6) is 0 Å². The van der Waals surface area contributed by atoms with E-state index in [4.69, 9.17) is 16.4 Å². The summed E-state index contributed by atoms with van der Waals surface area (Å²) in [4.78, 5) is 0. The molecule has 1 fully saturated rings. The Morgan fingerprint density at radius 3 is 3.00 bits per heavy atom. The zero-order valence-electron chi connectivity index (χ0n) is 7.65. The third-order valence-corrected chi connectivity index (χ3v) is 2.39. The first-order valence-corrected chi connectivity index (χ1v) is 4.61. The predicted molar refractivity (Wildman–Crippen MR) is 50.8 cm³/mol. The number of oxime groups is 1. The quantitative estimate of drug-likeness (QED) is 0.311. The van der Waals surface area contributed by atoms with Gasteiger partial charge in [0.1, 0.15) is 6.61 Å². The fourth-order valence-corrected chi connectivity index (χ4v) is 1.74. The van der Waals surface area contributed by atoms with Crippen molar-refractivity contribution in [3.05, 3.63) is 0 Å². The second-order valence-corrected chi connectivity index (χ2v) is 3.27. The lowest BCUT2D eigenvalue weighted by Crippen LogP contribution is -2.28. The summed E-state index contributed by atoms with van der Waals surface area (Å²) in [5.41, 5.74) is 0. The molecule has 0 aromatic rings. The number of nitrogens with zero attached hydrogens (tertiary/aromatic N) is 1. The van der Waals surface area contributed by atoms with Crippen LogP contribution in [0.2, 0.25) is 0 Å². The standard InChI is InChI=1S/C10H15NO2/c1-2-7-13-10-6-4-3-5-9(10)8-11-12/h1,8-10,12H,3-7H2/b11-8+. The van der Waals surface area contributed by atoms with Crippen molar-refractivity contribution in [2.75, 3.05) is 6.61 Å². The van der Waals surface area contributed by atoms with Gasteiger partial charge in [-0.1, -0.05) is 18.8 Å². The van der Waals surface area contributed by atoms with Gasteiger partial charge in [0, 0.05) is 12.1 Å².